The van der Waals surface area contributed by atoms with E-state index in [9.17, 15) is 10.0 Å². The first-order valence-corrected chi connectivity index (χ1v) is 4.45. The summed E-state index contributed by atoms with van der Waals surface area (Å²) in [6, 6.07) is 6.03. The average molecular weight is 240 g/mol. The lowest BCUT2D eigenvalue weighted by Crippen LogP contribution is -2.47. The molecule has 1 aliphatic rings. The smallest absolute Gasteiger partial charge is 0.267 e. The minimum absolute atomic E-state index is 0. The van der Waals surface area contributed by atoms with E-state index in [1.165, 1.54) is 6.07 Å². The van der Waals surface area contributed by atoms with Crippen LogP contribution in [0.1, 0.15) is 11.1 Å². The largest absolute Gasteiger partial charge is 0.320 e. The number of fused-ring (bicyclic) bond motifs is 1. The normalized spacial score (nSPS) is 18.4. The number of nitrogens with two attached hydrogens (primary N) is 1. The number of halogens is 1. The lowest BCUT2D eigenvalue weighted by molar-refractivity contribution is -0.125. The molecular formula is C10H10ClN3O2. The highest BCUT2D eigenvalue weighted by molar-refractivity contribution is 5.98. The number of nitrogens with zero attached hydrogens (tertiary/aromatic N) is 2. The van der Waals surface area contributed by atoms with Crippen molar-refractivity contribution in [2.24, 2.45) is 5.73 Å². The summed E-state index contributed by atoms with van der Waals surface area (Å²) in [5.41, 5.74) is 7.05. The van der Waals surface area contributed by atoms with Gasteiger partial charge in [-0.15, -0.1) is 12.4 Å². The van der Waals surface area contributed by atoms with E-state index in [0.29, 0.717) is 22.7 Å². The lowest BCUT2D eigenvalue weighted by Gasteiger charge is -2.27. The van der Waals surface area contributed by atoms with Crippen molar-refractivity contribution >= 4 is 24.0 Å². The first-order chi connectivity index (χ1) is 7.13. The molecule has 2 rings (SSSR count). The number of nitriles is 1. The summed E-state index contributed by atoms with van der Waals surface area (Å²) < 4.78 is 0. The zero-order chi connectivity index (χ0) is 11.0. The van der Waals surface area contributed by atoms with Crippen LogP contribution in [0.5, 0.6) is 0 Å². The first-order valence-electron chi connectivity index (χ1n) is 4.45. The predicted molar refractivity (Wildman–Crippen MR) is 59.4 cm³/mol. The zero-order valence-corrected chi connectivity index (χ0v) is 9.07. The maximum absolute atomic E-state index is 11.4. The van der Waals surface area contributed by atoms with Gasteiger partial charge >= 0.3 is 0 Å². The van der Waals surface area contributed by atoms with Gasteiger partial charge in [0, 0.05) is 0 Å². The van der Waals surface area contributed by atoms with E-state index >= 15 is 0 Å². The number of rotatable bonds is 0. The Morgan fingerprint density at radius 2 is 2.25 bits per heavy atom. The third kappa shape index (κ3) is 1.86. The van der Waals surface area contributed by atoms with E-state index in [1.54, 1.807) is 12.1 Å². The molecule has 0 aromatic heterocycles. The molecule has 6 heteroatoms. The molecule has 1 aromatic carbocycles. The topological polar surface area (TPSA) is 90.4 Å². The van der Waals surface area contributed by atoms with Gasteiger partial charge in [-0.05, 0) is 24.1 Å². The van der Waals surface area contributed by atoms with Crippen molar-refractivity contribution in [3.8, 4) is 6.07 Å². The standard InChI is InChI=1S/C10H9N3O2.ClH/c11-5-6-1-2-7-4-8(12)10(14)13(15)9(7)3-6;/h1-3,8,15H,4,12H2;1H/t8-;/m0./s1. The van der Waals surface area contributed by atoms with Crippen molar-refractivity contribution in [2.45, 2.75) is 12.5 Å². The Balaban J connectivity index is 0.00000128. The molecule has 5 nitrogen and oxygen atoms in total. The molecule has 0 saturated carbocycles. The van der Waals surface area contributed by atoms with Crippen LogP contribution < -0.4 is 10.8 Å². The third-order valence-electron chi connectivity index (χ3n) is 2.41. The average Bonchev–Trinajstić information content (AvgIpc) is 2.26. The van der Waals surface area contributed by atoms with Crippen LogP contribution in [0.15, 0.2) is 18.2 Å². The number of amides is 1. The van der Waals surface area contributed by atoms with Crippen molar-refractivity contribution < 1.29 is 10.0 Å². The van der Waals surface area contributed by atoms with Crippen molar-refractivity contribution in [1.82, 2.24) is 0 Å². The number of hydrogen-bond donors (Lipinski definition) is 2. The van der Waals surface area contributed by atoms with Gasteiger partial charge in [-0.1, -0.05) is 6.07 Å². The fourth-order valence-electron chi connectivity index (χ4n) is 1.60. The van der Waals surface area contributed by atoms with Gasteiger partial charge in [0.15, 0.2) is 0 Å². The number of benzene rings is 1. The molecule has 0 saturated heterocycles. The molecule has 3 N–H and O–H groups in total. The van der Waals surface area contributed by atoms with Crippen molar-refractivity contribution in [3.05, 3.63) is 29.3 Å². The molecule has 0 radical (unpaired) electrons. The maximum atomic E-state index is 11.4. The zero-order valence-electron chi connectivity index (χ0n) is 8.25. The highest BCUT2D eigenvalue weighted by Crippen LogP contribution is 2.26. The molecule has 0 spiro atoms. The summed E-state index contributed by atoms with van der Waals surface area (Å²) in [7, 11) is 0. The molecule has 0 unspecified atom stereocenters. The molecule has 16 heavy (non-hydrogen) atoms. The summed E-state index contributed by atoms with van der Waals surface area (Å²) >= 11 is 0. The summed E-state index contributed by atoms with van der Waals surface area (Å²) in [4.78, 5) is 11.4. The maximum Gasteiger partial charge on any atom is 0.267 e. The fraction of sp³-hybridized carbons (Fsp3) is 0.200. The van der Waals surface area contributed by atoms with Crippen molar-refractivity contribution in [2.75, 3.05) is 5.06 Å². The molecule has 1 aromatic rings. The molecule has 1 aliphatic heterocycles. The Bertz CT molecular complexity index is 470. The van der Waals surface area contributed by atoms with Crippen LogP contribution in [0.2, 0.25) is 0 Å². The molecule has 0 fully saturated rings. The second kappa shape index (κ2) is 4.49. The van der Waals surface area contributed by atoms with E-state index in [4.69, 9.17) is 11.0 Å². The van der Waals surface area contributed by atoms with Gasteiger partial charge in [-0.2, -0.15) is 10.3 Å². The van der Waals surface area contributed by atoms with Crippen LogP contribution in [0.3, 0.4) is 0 Å². The van der Waals surface area contributed by atoms with Gasteiger partial charge < -0.3 is 5.73 Å². The summed E-state index contributed by atoms with van der Waals surface area (Å²) in [6.07, 6.45) is 0.386. The second-order valence-corrected chi connectivity index (χ2v) is 3.42. The van der Waals surface area contributed by atoms with Crippen molar-refractivity contribution in [1.29, 1.82) is 5.26 Å². The predicted octanol–water partition coefficient (Wildman–Crippen LogP) is 0.586. The van der Waals surface area contributed by atoms with E-state index in [-0.39, 0.29) is 12.4 Å². The Labute approximate surface area is 98.4 Å². The van der Waals surface area contributed by atoms with Gasteiger partial charge in [-0.3, -0.25) is 10.0 Å². The minimum Gasteiger partial charge on any atom is -0.320 e. The number of carbonyl (C=O) groups excluding carboxylic acids is 1. The second-order valence-electron chi connectivity index (χ2n) is 3.42. The van der Waals surface area contributed by atoms with E-state index in [1.807, 2.05) is 6.07 Å². The van der Waals surface area contributed by atoms with Gasteiger partial charge in [0.2, 0.25) is 0 Å². The lowest BCUT2D eigenvalue weighted by atomic mass is 9.98. The van der Waals surface area contributed by atoms with Crippen LogP contribution in [0, 0.1) is 11.3 Å². The quantitative estimate of drug-likeness (QED) is 0.648. The van der Waals surface area contributed by atoms with E-state index < -0.39 is 11.9 Å². The molecule has 1 amide bonds. The monoisotopic (exact) mass is 239 g/mol. The molecule has 1 heterocycles. The molecule has 0 bridgehead atoms. The Morgan fingerprint density at radius 3 is 2.88 bits per heavy atom. The molecule has 0 aliphatic carbocycles. The molecular weight excluding hydrogens is 230 g/mol. The number of carbonyl (C=O) groups is 1. The van der Waals surface area contributed by atoms with Crippen LogP contribution in [-0.4, -0.2) is 17.2 Å². The fourth-order valence-corrected chi connectivity index (χ4v) is 1.60. The number of hydroxylamine groups is 1. The van der Waals surface area contributed by atoms with Crippen molar-refractivity contribution in [3.63, 3.8) is 0 Å². The molecule has 1 atom stereocenters. The highest BCUT2D eigenvalue weighted by Gasteiger charge is 2.29. The summed E-state index contributed by atoms with van der Waals surface area (Å²) in [5.74, 6) is -0.544. The SMILES string of the molecule is Cl.N#Cc1ccc2c(c1)N(O)C(=O)[C@@H](N)C2. The number of anilines is 1. The third-order valence-corrected chi connectivity index (χ3v) is 2.41. The van der Waals surface area contributed by atoms with Gasteiger partial charge in [-0.25, -0.2) is 0 Å². The minimum atomic E-state index is -0.713. The van der Waals surface area contributed by atoms with Crippen LogP contribution in [0.4, 0.5) is 5.69 Å². The van der Waals surface area contributed by atoms with Gasteiger partial charge in [0.25, 0.3) is 5.91 Å². The van der Waals surface area contributed by atoms with Crippen LogP contribution in [0.25, 0.3) is 0 Å². The van der Waals surface area contributed by atoms with Gasteiger partial charge in [0.1, 0.15) is 0 Å². The van der Waals surface area contributed by atoms with Crippen LogP contribution >= 0.6 is 12.4 Å². The number of hydrogen-bond acceptors (Lipinski definition) is 4. The summed E-state index contributed by atoms with van der Waals surface area (Å²) in [6.45, 7) is 0. The van der Waals surface area contributed by atoms with E-state index in [0.717, 1.165) is 5.56 Å². The highest BCUT2D eigenvalue weighted by atomic mass is 35.5. The van der Waals surface area contributed by atoms with Gasteiger partial charge in [0.05, 0.1) is 23.4 Å². The Hall–Kier alpha value is -1.61. The Morgan fingerprint density at radius 1 is 1.56 bits per heavy atom. The first kappa shape index (κ1) is 12.5. The molecule has 84 valence electrons. The Kier molecular flexibility index (Phi) is 3.50. The summed E-state index contributed by atoms with van der Waals surface area (Å²) in [5, 5.41) is 18.7. The van der Waals surface area contributed by atoms with Crippen LogP contribution in [-0.2, 0) is 11.2 Å². The van der Waals surface area contributed by atoms with E-state index in [2.05, 4.69) is 0 Å².